The molecule has 0 atom stereocenters. The van der Waals surface area contributed by atoms with Crippen LogP contribution in [0.25, 0.3) is 5.65 Å². The van der Waals surface area contributed by atoms with Gasteiger partial charge < -0.3 is 5.73 Å². The fourth-order valence-electron chi connectivity index (χ4n) is 2.39. The standard InChI is InChI=1S/C16H15N7S/c1-8-6-11(24)4-5-13(8)20-21-14-10(3)19-16-12(7-17)9(2)22-23(16)15(14)18/h4-6,24H,18H2,1-3H3. The predicted octanol–water partition coefficient (Wildman–Crippen LogP) is 3.81. The average molecular weight is 337 g/mol. The zero-order chi connectivity index (χ0) is 17.4. The Hall–Kier alpha value is -2.92. The summed E-state index contributed by atoms with van der Waals surface area (Å²) in [7, 11) is 0. The zero-order valence-corrected chi connectivity index (χ0v) is 14.3. The van der Waals surface area contributed by atoms with E-state index in [9.17, 15) is 5.26 Å². The van der Waals surface area contributed by atoms with Crippen LogP contribution in [-0.4, -0.2) is 14.6 Å². The van der Waals surface area contributed by atoms with Crippen molar-refractivity contribution in [1.82, 2.24) is 14.6 Å². The van der Waals surface area contributed by atoms with Gasteiger partial charge in [0.05, 0.1) is 17.1 Å². The van der Waals surface area contributed by atoms with Gasteiger partial charge in [-0.2, -0.15) is 20.0 Å². The number of anilines is 1. The van der Waals surface area contributed by atoms with Gasteiger partial charge in [-0.1, -0.05) is 0 Å². The first kappa shape index (κ1) is 16.0. The molecule has 2 heterocycles. The fraction of sp³-hybridized carbons (Fsp3) is 0.188. The second-order valence-electron chi connectivity index (χ2n) is 5.41. The smallest absolute Gasteiger partial charge is 0.175 e. The van der Waals surface area contributed by atoms with E-state index >= 15 is 0 Å². The normalized spacial score (nSPS) is 11.3. The van der Waals surface area contributed by atoms with E-state index in [1.54, 1.807) is 13.8 Å². The van der Waals surface area contributed by atoms with Crippen LogP contribution in [0.5, 0.6) is 0 Å². The number of azo groups is 1. The second kappa shape index (κ2) is 5.94. The Morgan fingerprint density at radius 2 is 1.96 bits per heavy atom. The predicted molar refractivity (Wildman–Crippen MR) is 94.2 cm³/mol. The van der Waals surface area contributed by atoms with Gasteiger partial charge in [-0.3, -0.25) is 0 Å². The molecule has 0 aliphatic heterocycles. The van der Waals surface area contributed by atoms with Crippen LogP contribution in [0.2, 0.25) is 0 Å². The molecular formula is C16H15N7S. The number of nitriles is 1. The van der Waals surface area contributed by atoms with E-state index in [-0.39, 0.29) is 0 Å². The van der Waals surface area contributed by atoms with Gasteiger partial charge in [0.15, 0.2) is 11.5 Å². The van der Waals surface area contributed by atoms with E-state index in [0.717, 1.165) is 16.1 Å². The van der Waals surface area contributed by atoms with Crippen molar-refractivity contribution >= 4 is 35.5 Å². The first-order valence-corrected chi connectivity index (χ1v) is 7.64. The number of benzene rings is 1. The van der Waals surface area contributed by atoms with E-state index in [1.807, 2.05) is 25.1 Å². The molecule has 0 fully saturated rings. The molecule has 0 radical (unpaired) electrons. The van der Waals surface area contributed by atoms with Crippen LogP contribution < -0.4 is 5.73 Å². The lowest BCUT2D eigenvalue weighted by Gasteiger charge is -2.06. The van der Waals surface area contributed by atoms with Crippen LogP contribution in [-0.2, 0) is 0 Å². The molecule has 2 aromatic heterocycles. The molecule has 0 saturated carbocycles. The summed E-state index contributed by atoms with van der Waals surface area (Å²) in [6.07, 6.45) is 0. The van der Waals surface area contributed by atoms with E-state index < -0.39 is 0 Å². The highest BCUT2D eigenvalue weighted by Crippen LogP contribution is 2.30. The topological polar surface area (TPSA) is 105 Å². The summed E-state index contributed by atoms with van der Waals surface area (Å²) in [5.41, 5.74) is 10.3. The number of nitrogens with zero attached hydrogens (tertiary/aromatic N) is 6. The van der Waals surface area contributed by atoms with Crippen molar-refractivity contribution in [3.05, 3.63) is 40.7 Å². The Kier molecular flexibility index (Phi) is 3.95. The molecule has 0 saturated heterocycles. The van der Waals surface area contributed by atoms with Crippen LogP contribution >= 0.6 is 12.6 Å². The lowest BCUT2D eigenvalue weighted by atomic mass is 10.2. The summed E-state index contributed by atoms with van der Waals surface area (Å²) < 4.78 is 1.43. The van der Waals surface area contributed by atoms with Gasteiger partial charge in [0, 0.05) is 4.90 Å². The summed E-state index contributed by atoms with van der Waals surface area (Å²) in [6.45, 7) is 5.45. The number of aryl methyl sites for hydroxylation is 3. The van der Waals surface area contributed by atoms with E-state index in [2.05, 4.69) is 39.0 Å². The molecule has 0 aliphatic rings. The van der Waals surface area contributed by atoms with Crippen LogP contribution in [0.15, 0.2) is 33.3 Å². The first-order chi connectivity index (χ1) is 11.4. The maximum absolute atomic E-state index is 9.23. The Labute approximate surface area is 144 Å². The van der Waals surface area contributed by atoms with Crippen molar-refractivity contribution in [2.45, 2.75) is 25.7 Å². The van der Waals surface area contributed by atoms with Crippen molar-refractivity contribution in [3.8, 4) is 6.07 Å². The first-order valence-electron chi connectivity index (χ1n) is 7.19. The van der Waals surface area contributed by atoms with Crippen LogP contribution in [0.1, 0.15) is 22.5 Å². The van der Waals surface area contributed by atoms with Gasteiger partial charge in [0.1, 0.15) is 17.3 Å². The average Bonchev–Trinajstić information content (AvgIpc) is 2.84. The SMILES string of the molecule is Cc1cc(S)ccc1N=Nc1c(C)nc2c(C#N)c(C)nn2c1N. The van der Waals surface area contributed by atoms with Gasteiger partial charge >= 0.3 is 0 Å². The highest BCUT2D eigenvalue weighted by Gasteiger charge is 2.17. The summed E-state index contributed by atoms with van der Waals surface area (Å²) in [5, 5.41) is 22.0. The van der Waals surface area contributed by atoms with E-state index in [4.69, 9.17) is 5.73 Å². The van der Waals surface area contributed by atoms with Crippen molar-refractivity contribution < 1.29 is 0 Å². The molecule has 0 amide bonds. The van der Waals surface area contributed by atoms with E-state index in [0.29, 0.717) is 34.1 Å². The van der Waals surface area contributed by atoms with Gasteiger partial charge in [0.2, 0.25) is 0 Å². The molecule has 0 spiro atoms. The molecule has 120 valence electrons. The summed E-state index contributed by atoms with van der Waals surface area (Å²) in [4.78, 5) is 5.27. The van der Waals surface area contributed by atoms with Gasteiger partial charge in [-0.25, -0.2) is 4.98 Å². The number of rotatable bonds is 2. The Morgan fingerprint density at radius 3 is 2.62 bits per heavy atom. The third kappa shape index (κ3) is 2.59. The van der Waals surface area contributed by atoms with Gasteiger partial charge in [-0.05, 0) is 44.5 Å². The maximum atomic E-state index is 9.23. The third-order valence-corrected chi connectivity index (χ3v) is 3.95. The minimum Gasteiger partial charge on any atom is -0.382 e. The molecule has 24 heavy (non-hydrogen) atoms. The number of hydrogen-bond acceptors (Lipinski definition) is 7. The molecule has 0 unspecified atom stereocenters. The molecule has 3 rings (SSSR count). The number of aromatic nitrogens is 3. The maximum Gasteiger partial charge on any atom is 0.175 e. The summed E-state index contributed by atoms with van der Waals surface area (Å²) in [5.74, 6) is 0.300. The lowest BCUT2D eigenvalue weighted by Crippen LogP contribution is -2.02. The molecule has 1 aromatic carbocycles. The summed E-state index contributed by atoms with van der Waals surface area (Å²) in [6, 6.07) is 7.69. The molecule has 0 aliphatic carbocycles. The molecule has 7 nitrogen and oxygen atoms in total. The van der Waals surface area contributed by atoms with Gasteiger partial charge in [0.25, 0.3) is 0 Å². The molecule has 8 heteroatoms. The van der Waals surface area contributed by atoms with Crippen LogP contribution in [0.4, 0.5) is 17.2 Å². The number of hydrogen-bond donors (Lipinski definition) is 2. The number of nitrogen functional groups attached to an aromatic ring is 1. The number of nitrogens with two attached hydrogens (primary N) is 1. The van der Waals surface area contributed by atoms with Crippen LogP contribution in [0.3, 0.4) is 0 Å². The fourth-order valence-corrected chi connectivity index (χ4v) is 2.66. The number of thiol groups is 1. The van der Waals surface area contributed by atoms with Crippen molar-refractivity contribution in [1.29, 1.82) is 5.26 Å². The van der Waals surface area contributed by atoms with Crippen molar-refractivity contribution in [3.63, 3.8) is 0 Å². The second-order valence-corrected chi connectivity index (χ2v) is 5.93. The molecule has 0 bridgehead atoms. The van der Waals surface area contributed by atoms with Crippen molar-refractivity contribution in [2.75, 3.05) is 5.73 Å². The van der Waals surface area contributed by atoms with Crippen molar-refractivity contribution in [2.24, 2.45) is 10.2 Å². The Bertz CT molecular complexity index is 1030. The monoisotopic (exact) mass is 337 g/mol. The van der Waals surface area contributed by atoms with Crippen LogP contribution in [0, 0.1) is 32.1 Å². The molecular weight excluding hydrogens is 322 g/mol. The largest absolute Gasteiger partial charge is 0.382 e. The lowest BCUT2D eigenvalue weighted by molar-refractivity contribution is 0.917. The minimum absolute atomic E-state index is 0.300. The molecule has 3 aromatic rings. The molecule has 2 N–H and O–H groups in total. The minimum atomic E-state index is 0.300. The third-order valence-electron chi connectivity index (χ3n) is 3.67. The Morgan fingerprint density at radius 1 is 1.21 bits per heavy atom. The van der Waals surface area contributed by atoms with E-state index in [1.165, 1.54) is 4.52 Å². The highest BCUT2D eigenvalue weighted by atomic mass is 32.1. The highest BCUT2D eigenvalue weighted by molar-refractivity contribution is 7.80. The summed E-state index contributed by atoms with van der Waals surface area (Å²) >= 11 is 4.29. The Balaban J connectivity index is 2.13. The quantitative estimate of drug-likeness (QED) is 0.548. The number of fused-ring (bicyclic) bond motifs is 1. The zero-order valence-electron chi connectivity index (χ0n) is 13.4. The van der Waals surface area contributed by atoms with Gasteiger partial charge in [-0.15, -0.1) is 17.7 Å².